The van der Waals surface area contributed by atoms with Crippen LogP contribution in [0.4, 0.5) is 5.69 Å². The maximum absolute atomic E-state index is 11.1. The van der Waals surface area contributed by atoms with Crippen LogP contribution >= 0.6 is 23.2 Å². The average Bonchev–Trinajstić information content (AvgIpc) is 3.32. The van der Waals surface area contributed by atoms with Gasteiger partial charge in [-0.25, -0.2) is 0 Å². The number of hydrogen-bond acceptors (Lipinski definition) is 3. The smallest absolute Gasteiger partial charge is 0.307 e. The van der Waals surface area contributed by atoms with Crippen LogP contribution in [0, 0.1) is 5.41 Å². The number of anilines is 1. The van der Waals surface area contributed by atoms with Gasteiger partial charge in [0.2, 0.25) is 0 Å². The van der Waals surface area contributed by atoms with Gasteiger partial charge in [-0.3, -0.25) is 4.79 Å². The Morgan fingerprint density at radius 2 is 1.76 bits per heavy atom. The van der Waals surface area contributed by atoms with Crippen LogP contribution in [-0.2, 0) is 23.2 Å². The van der Waals surface area contributed by atoms with E-state index in [2.05, 4.69) is 55.3 Å². The highest BCUT2D eigenvalue weighted by Crippen LogP contribution is 2.56. The van der Waals surface area contributed by atoms with E-state index >= 15 is 0 Å². The number of carboxylic acid groups (broad SMARTS) is 1. The van der Waals surface area contributed by atoms with E-state index < -0.39 is 5.97 Å². The van der Waals surface area contributed by atoms with E-state index in [0.29, 0.717) is 0 Å². The second kappa shape index (κ2) is 9.98. The molecule has 1 fully saturated rings. The summed E-state index contributed by atoms with van der Waals surface area (Å²) in [4.78, 5) is 13.6. The van der Waals surface area contributed by atoms with E-state index in [1.807, 2.05) is 42.5 Å². The molecule has 2 aliphatic heterocycles. The highest BCUT2D eigenvalue weighted by Gasteiger charge is 2.57. The van der Waals surface area contributed by atoms with E-state index in [1.165, 1.54) is 16.8 Å². The van der Waals surface area contributed by atoms with Crippen molar-refractivity contribution < 1.29 is 9.90 Å². The van der Waals surface area contributed by atoms with Crippen LogP contribution in [0.5, 0.6) is 0 Å². The van der Waals surface area contributed by atoms with Crippen molar-refractivity contribution in [3.63, 3.8) is 0 Å². The first-order valence-electron chi connectivity index (χ1n) is 12.9. The van der Waals surface area contributed by atoms with Crippen molar-refractivity contribution in [2.24, 2.45) is 5.41 Å². The third-order valence-electron chi connectivity index (χ3n) is 7.91. The molecule has 37 heavy (non-hydrogen) atoms. The number of benzene rings is 3. The van der Waals surface area contributed by atoms with Gasteiger partial charge < -0.3 is 15.3 Å². The van der Waals surface area contributed by atoms with E-state index in [-0.39, 0.29) is 29.2 Å². The molecule has 3 atom stereocenters. The zero-order valence-corrected chi connectivity index (χ0v) is 23.1. The number of hydrogen-bond donors (Lipinski definition) is 2. The van der Waals surface area contributed by atoms with Crippen LogP contribution < -0.4 is 10.2 Å². The second-order valence-corrected chi connectivity index (χ2v) is 12.6. The Bertz CT molecular complexity index is 1300. The molecule has 0 aromatic heterocycles. The Balaban J connectivity index is 1.58. The highest BCUT2D eigenvalue weighted by molar-refractivity contribution is 6.31. The van der Waals surface area contributed by atoms with Crippen LogP contribution in [-0.4, -0.2) is 30.2 Å². The zero-order valence-electron chi connectivity index (χ0n) is 21.6. The summed E-state index contributed by atoms with van der Waals surface area (Å²) in [7, 11) is 0. The summed E-state index contributed by atoms with van der Waals surface area (Å²) >= 11 is 13.5. The predicted octanol–water partition coefficient (Wildman–Crippen LogP) is 7.07. The second-order valence-electron chi connectivity index (χ2n) is 11.7. The minimum atomic E-state index is -0.815. The van der Waals surface area contributed by atoms with Crippen LogP contribution in [0.15, 0.2) is 66.7 Å². The monoisotopic (exact) mass is 536 g/mol. The molecule has 0 saturated carbocycles. The van der Waals surface area contributed by atoms with Crippen molar-refractivity contribution in [2.45, 2.75) is 57.5 Å². The lowest BCUT2D eigenvalue weighted by Crippen LogP contribution is -2.48. The Morgan fingerprint density at radius 3 is 2.43 bits per heavy atom. The molecule has 0 bridgehead atoms. The molecule has 3 aromatic rings. The third kappa shape index (κ3) is 5.12. The highest BCUT2D eigenvalue weighted by atomic mass is 35.5. The van der Waals surface area contributed by atoms with Crippen LogP contribution in [0.3, 0.4) is 0 Å². The third-order valence-corrected chi connectivity index (χ3v) is 8.49. The topological polar surface area (TPSA) is 52.6 Å². The number of carbonyl (C=O) groups is 1. The van der Waals surface area contributed by atoms with Crippen molar-refractivity contribution in [2.75, 3.05) is 18.0 Å². The molecule has 3 aromatic carbocycles. The van der Waals surface area contributed by atoms with Gasteiger partial charge in [-0.15, -0.1) is 0 Å². The van der Waals surface area contributed by atoms with Crippen LogP contribution in [0.2, 0.25) is 10.0 Å². The van der Waals surface area contributed by atoms with Crippen molar-refractivity contribution >= 4 is 34.9 Å². The fourth-order valence-corrected chi connectivity index (χ4v) is 6.86. The molecule has 194 valence electrons. The van der Waals surface area contributed by atoms with E-state index in [0.717, 1.165) is 47.2 Å². The van der Waals surface area contributed by atoms with Gasteiger partial charge in [-0.05, 0) is 58.4 Å². The Morgan fingerprint density at radius 1 is 1.05 bits per heavy atom. The van der Waals surface area contributed by atoms with Gasteiger partial charge in [0.15, 0.2) is 0 Å². The Kier molecular flexibility index (Phi) is 7.04. The normalized spacial score (nSPS) is 23.0. The number of nitrogens with zero attached hydrogens (tertiary/aromatic N) is 1. The number of fused-ring (bicyclic) bond motifs is 2. The minimum absolute atomic E-state index is 0.0358. The number of rotatable bonds is 6. The number of halogens is 2. The molecule has 2 N–H and O–H groups in total. The summed E-state index contributed by atoms with van der Waals surface area (Å²) < 4.78 is 0. The quantitative estimate of drug-likeness (QED) is 0.353. The largest absolute Gasteiger partial charge is 0.481 e. The lowest BCUT2D eigenvalue weighted by molar-refractivity contribution is -0.136. The zero-order chi connectivity index (χ0) is 26.4. The molecule has 5 rings (SSSR count). The van der Waals surface area contributed by atoms with Gasteiger partial charge in [-0.2, -0.15) is 0 Å². The van der Waals surface area contributed by atoms with Gasteiger partial charge in [0.05, 0.1) is 6.42 Å². The summed E-state index contributed by atoms with van der Waals surface area (Å²) in [5, 5.41) is 14.6. The number of aliphatic carboxylic acids is 1. The SMILES string of the molecule is CC(C)(C)C[C@@H]1NC[C@H](c2ccccc2Cl)[C@]12CN(Cc1ccc(CC(=O)O)cc1)c1ccc(Cl)cc12. The molecule has 0 aliphatic carbocycles. The van der Waals surface area contributed by atoms with Crippen LogP contribution in [0.25, 0.3) is 0 Å². The van der Waals surface area contributed by atoms with Gasteiger partial charge in [0.1, 0.15) is 0 Å². The molecular formula is C31H34Cl2N2O2. The first kappa shape index (κ1) is 26.1. The van der Waals surface area contributed by atoms with E-state index in [4.69, 9.17) is 28.3 Å². The number of carboxylic acids is 1. The first-order chi connectivity index (χ1) is 17.6. The molecular weight excluding hydrogens is 503 g/mol. The summed E-state index contributed by atoms with van der Waals surface area (Å²) in [6.07, 6.45) is 1.06. The average molecular weight is 538 g/mol. The summed E-state index contributed by atoms with van der Waals surface area (Å²) in [5.41, 5.74) is 5.59. The Hall–Kier alpha value is -2.53. The maximum atomic E-state index is 11.1. The fourth-order valence-electron chi connectivity index (χ4n) is 6.42. The molecule has 0 radical (unpaired) electrons. The van der Waals surface area contributed by atoms with Crippen LogP contribution in [0.1, 0.15) is 55.4 Å². The molecule has 2 aliphatic rings. The van der Waals surface area contributed by atoms with E-state index in [1.54, 1.807) is 0 Å². The van der Waals surface area contributed by atoms with Crippen molar-refractivity contribution in [1.82, 2.24) is 5.32 Å². The van der Waals surface area contributed by atoms with Gasteiger partial charge >= 0.3 is 5.97 Å². The van der Waals surface area contributed by atoms with E-state index in [9.17, 15) is 4.79 Å². The summed E-state index contributed by atoms with van der Waals surface area (Å²) in [6.45, 7) is 9.35. The Labute approximate surface area is 229 Å². The summed E-state index contributed by atoms with van der Waals surface area (Å²) in [5.74, 6) is -0.613. The lowest BCUT2D eigenvalue weighted by atomic mass is 9.64. The predicted molar refractivity (Wildman–Crippen MR) is 152 cm³/mol. The lowest BCUT2D eigenvalue weighted by Gasteiger charge is -2.40. The van der Waals surface area contributed by atoms with Crippen molar-refractivity contribution in [3.05, 3.63) is 99.0 Å². The molecule has 0 amide bonds. The molecule has 0 unspecified atom stereocenters. The van der Waals surface area contributed by atoms with Gasteiger partial charge in [-0.1, -0.05) is 86.4 Å². The van der Waals surface area contributed by atoms with Crippen molar-refractivity contribution in [1.29, 1.82) is 0 Å². The maximum Gasteiger partial charge on any atom is 0.307 e. The fraction of sp³-hybridized carbons (Fsp3) is 0.387. The molecule has 4 nitrogen and oxygen atoms in total. The van der Waals surface area contributed by atoms with Gasteiger partial charge in [0.25, 0.3) is 0 Å². The first-order valence-corrected chi connectivity index (χ1v) is 13.6. The standard InChI is InChI=1S/C31H34Cl2N2O2/c1-30(2,3)16-28-31(25(17-34-28)23-6-4-5-7-26(23)33)19-35(27-13-12-22(32)15-24(27)31)18-21-10-8-20(9-11-21)14-29(36)37/h4-13,15,25,28,34H,14,16-19H2,1-3H3,(H,36,37)/t25-,28+,31-/m1/s1. The van der Waals surface area contributed by atoms with Gasteiger partial charge in [0, 0.05) is 52.7 Å². The van der Waals surface area contributed by atoms with Crippen molar-refractivity contribution in [3.8, 4) is 0 Å². The molecule has 6 heteroatoms. The molecule has 2 heterocycles. The molecule has 1 saturated heterocycles. The summed E-state index contributed by atoms with van der Waals surface area (Å²) in [6, 6.07) is 22.7. The number of nitrogens with one attached hydrogen (secondary N) is 1. The molecule has 1 spiro atoms. The minimum Gasteiger partial charge on any atom is -0.481 e.